The zero-order chi connectivity index (χ0) is 28.2. The van der Waals surface area contributed by atoms with Crippen molar-refractivity contribution in [3.8, 4) is 0 Å². The molecule has 2 aromatic rings. The molecule has 2 saturated heterocycles. The lowest BCUT2D eigenvalue weighted by Crippen LogP contribution is -2.57. The molecule has 0 bridgehead atoms. The van der Waals surface area contributed by atoms with Gasteiger partial charge in [-0.25, -0.2) is 19.5 Å². The summed E-state index contributed by atoms with van der Waals surface area (Å²) >= 11 is 0. The minimum atomic E-state index is -4.50. The summed E-state index contributed by atoms with van der Waals surface area (Å²) in [5.74, 6) is -0.517. The van der Waals surface area contributed by atoms with Gasteiger partial charge in [-0.05, 0) is 19.3 Å². The number of hydrogen-bond acceptors (Lipinski definition) is 8. The summed E-state index contributed by atoms with van der Waals surface area (Å²) in [6.07, 6.45) is -2.17. The summed E-state index contributed by atoms with van der Waals surface area (Å²) in [6, 6.07) is 0. The van der Waals surface area contributed by atoms with Crippen LogP contribution in [0.4, 0.5) is 23.5 Å². The van der Waals surface area contributed by atoms with Crippen molar-refractivity contribution < 1.29 is 27.2 Å². The fourth-order valence-corrected chi connectivity index (χ4v) is 5.53. The van der Waals surface area contributed by atoms with Gasteiger partial charge in [-0.3, -0.25) is 19.3 Å². The molecular formula is C25H28F4N8O3. The summed E-state index contributed by atoms with van der Waals surface area (Å²) in [7, 11) is 0. The third kappa shape index (κ3) is 5.02. The van der Waals surface area contributed by atoms with Crippen LogP contribution in [0.3, 0.4) is 0 Å². The molecule has 15 heteroatoms. The molecule has 214 valence electrons. The summed E-state index contributed by atoms with van der Waals surface area (Å²) < 4.78 is 52.6. The molecular weight excluding hydrogens is 536 g/mol. The molecule has 40 heavy (non-hydrogen) atoms. The molecule has 3 aliphatic heterocycles. The molecule has 5 heterocycles. The first-order valence-electron chi connectivity index (χ1n) is 13.2. The molecule has 2 amide bonds. The van der Waals surface area contributed by atoms with Crippen LogP contribution in [-0.4, -0.2) is 98.2 Å². The van der Waals surface area contributed by atoms with E-state index in [1.54, 1.807) is 9.80 Å². The fraction of sp³-hybridized carbons (Fsp3) is 0.600. The number of piperazine rings is 1. The zero-order valence-corrected chi connectivity index (χ0v) is 21.6. The quantitative estimate of drug-likeness (QED) is 0.529. The third-order valence-corrected chi connectivity index (χ3v) is 8.14. The highest BCUT2D eigenvalue weighted by atomic mass is 19.4. The highest BCUT2D eigenvalue weighted by Crippen LogP contribution is 2.42. The Balaban J connectivity index is 1.02. The second-order valence-corrected chi connectivity index (χ2v) is 10.9. The smallest absolute Gasteiger partial charge is 0.339 e. The number of aromatic nitrogens is 4. The molecule has 0 atom stereocenters. The number of fused-ring (bicyclic) bond motifs is 1. The number of H-pyrrole nitrogens is 1. The average molecular weight is 565 g/mol. The summed E-state index contributed by atoms with van der Waals surface area (Å²) in [5.41, 5.74) is -1.14. The van der Waals surface area contributed by atoms with E-state index in [1.165, 1.54) is 4.90 Å². The first kappa shape index (κ1) is 26.6. The standard InChI is InChI=1S/C25H28F4N8O3/c26-24(2-3-24)22(40)37-4-1-17-18(13-37)19(32-33-20(17)38)14-34-11-15(12-34)21(39)35-5-7-36(8-6-35)23-30-9-16(10-31-23)25(27,28)29/h9-10,15H,1-8,11-14H2,(H,33,38). The van der Waals surface area contributed by atoms with Crippen molar-refractivity contribution in [3.05, 3.63) is 45.1 Å². The zero-order valence-electron chi connectivity index (χ0n) is 21.6. The minimum Gasteiger partial charge on any atom is -0.339 e. The normalized spacial score (nSPS) is 21.1. The topological polar surface area (TPSA) is 119 Å². The second-order valence-electron chi connectivity index (χ2n) is 10.9. The van der Waals surface area contributed by atoms with Gasteiger partial charge in [0, 0.05) is 82.4 Å². The van der Waals surface area contributed by atoms with E-state index in [4.69, 9.17) is 0 Å². The number of alkyl halides is 4. The van der Waals surface area contributed by atoms with Crippen molar-refractivity contribution in [3.63, 3.8) is 0 Å². The van der Waals surface area contributed by atoms with E-state index >= 15 is 0 Å². The van der Waals surface area contributed by atoms with Crippen molar-refractivity contribution in [1.82, 2.24) is 34.9 Å². The number of nitrogens with one attached hydrogen (secondary N) is 1. The Morgan fingerprint density at radius 1 is 1.00 bits per heavy atom. The summed E-state index contributed by atoms with van der Waals surface area (Å²) in [5, 5.41) is 6.74. The Morgan fingerprint density at radius 3 is 2.30 bits per heavy atom. The van der Waals surface area contributed by atoms with Crippen LogP contribution in [0.5, 0.6) is 0 Å². The highest BCUT2D eigenvalue weighted by molar-refractivity contribution is 5.88. The predicted octanol–water partition coefficient (Wildman–Crippen LogP) is 0.746. The molecule has 1 saturated carbocycles. The van der Waals surface area contributed by atoms with Gasteiger partial charge in [0.05, 0.1) is 17.2 Å². The molecule has 4 aliphatic rings. The van der Waals surface area contributed by atoms with Crippen LogP contribution in [0.15, 0.2) is 17.2 Å². The number of halogens is 4. The first-order chi connectivity index (χ1) is 19.0. The van der Waals surface area contributed by atoms with E-state index in [9.17, 15) is 31.9 Å². The molecule has 6 rings (SSSR count). The van der Waals surface area contributed by atoms with Crippen LogP contribution < -0.4 is 10.5 Å². The molecule has 1 aliphatic carbocycles. The van der Waals surface area contributed by atoms with Crippen LogP contribution in [0, 0.1) is 5.92 Å². The van der Waals surface area contributed by atoms with Crippen molar-refractivity contribution in [2.45, 2.75) is 44.2 Å². The van der Waals surface area contributed by atoms with Gasteiger partial charge >= 0.3 is 6.18 Å². The maximum Gasteiger partial charge on any atom is 0.419 e. The number of likely N-dealkylation sites (tertiary alicyclic amines) is 1. The molecule has 1 N–H and O–H groups in total. The number of nitrogens with zero attached hydrogens (tertiary/aromatic N) is 7. The molecule has 2 aromatic heterocycles. The Hall–Kier alpha value is -3.62. The molecule has 0 unspecified atom stereocenters. The van der Waals surface area contributed by atoms with Crippen molar-refractivity contribution >= 4 is 17.8 Å². The average Bonchev–Trinajstić information content (AvgIpc) is 3.68. The lowest BCUT2D eigenvalue weighted by atomic mass is 9.95. The minimum absolute atomic E-state index is 0.00939. The van der Waals surface area contributed by atoms with Crippen LogP contribution in [0.1, 0.15) is 35.2 Å². The molecule has 0 radical (unpaired) electrons. The lowest BCUT2D eigenvalue weighted by molar-refractivity contribution is -0.142. The van der Waals surface area contributed by atoms with Crippen molar-refractivity contribution in [2.24, 2.45) is 5.92 Å². The van der Waals surface area contributed by atoms with E-state index in [2.05, 4.69) is 20.2 Å². The Labute approximate surface area is 226 Å². The SMILES string of the molecule is O=C(C1CN(Cc2n[nH]c(=O)c3c2CN(C(=O)C2(F)CC2)CC3)C1)N1CCN(c2ncc(C(F)(F)F)cn2)CC1. The van der Waals surface area contributed by atoms with Gasteiger partial charge in [0.2, 0.25) is 11.9 Å². The lowest BCUT2D eigenvalue weighted by Gasteiger charge is -2.43. The monoisotopic (exact) mass is 564 g/mol. The van der Waals surface area contributed by atoms with E-state index in [0.717, 1.165) is 12.4 Å². The second kappa shape index (κ2) is 9.78. The first-order valence-corrected chi connectivity index (χ1v) is 13.2. The fourth-order valence-electron chi connectivity index (χ4n) is 5.53. The van der Waals surface area contributed by atoms with E-state index in [1.807, 2.05) is 4.90 Å². The van der Waals surface area contributed by atoms with E-state index in [-0.39, 0.29) is 42.7 Å². The van der Waals surface area contributed by atoms with Crippen molar-refractivity contribution in [2.75, 3.05) is 50.7 Å². The molecule has 0 spiro atoms. The molecule has 3 fully saturated rings. The Kier molecular flexibility index (Phi) is 6.50. The van der Waals surface area contributed by atoms with Gasteiger partial charge in [-0.15, -0.1) is 0 Å². The number of aromatic amines is 1. The van der Waals surface area contributed by atoms with E-state index in [0.29, 0.717) is 75.6 Å². The van der Waals surface area contributed by atoms with Gasteiger partial charge in [0.25, 0.3) is 11.5 Å². The van der Waals surface area contributed by atoms with Crippen LogP contribution in [0.25, 0.3) is 0 Å². The van der Waals surface area contributed by atoms with Crippen molar-refractivity contribution in [1.29, 1.82) is 0 Å². The number of carbonyl (C=O) groups excluding carboxylic acids is 2. The molecule has 0 aromatic carbocycles. The third-order valence-electron chi connectivity index (χ3n) is 8.14. The van der Waals surface area contributed by atoms with Gasteiger partial charge < -0.3 is 14.7 Å². The number of anilines is 1. The van der Waals surface area contributed by atoms with Gasteiger partial charge in [0.15, 0.2) is 5.67 Å². The van der Waals surface area contributed by atoms with Crippen LogP contribution in [-0.2, 0) is 35.3 Å². The number of amides is 2. The van der Waals surface area contributed by atoms with E-state index < -0.39 is 23.3 Å². The Morgan fingerprint density at radius 2 is 1.68 bits per heavy atom. The number of rotatable bonds is 5. The summed E-state index contributed by atoms with van der Waals surface area (Å²) in [4.78, 5) is 52.6. The van der Waals surface area contributed by atoms with Crippen LogP contribution in [0.2, 0.25) is 0 Å². The van der Waals surface area contributed by atoms with Gasteiger partial charge in [-0.1, -0.05) is 0 Å². The summed E-state index contributed by atoms with van der Waals surface area (Å²) in [6.45, 7) is 3.50. The maximum atomic E-state index is 14.4. The predicted molar refractivity (Wildman–Crippen MR) is 132 cm³/mol. The van der Waals surface area contributed by atoms with Gasteiger partial charge in [-0.2, -0.15) is 18.3 Å². The largest absolute Gasteiger partial charge is 0.419 e. The maximum absolute atomic E-state index is 14.4. The number of carbonyl (C=O) groups is 2. The number of hydrogen-bond donors (Lipinski definition) is 1. The molecule has 11 nitrogen and oxygen atoms in total. The van der Waals surface area contributed by atoms with Crippen LogP contribution >= 0.6 is 0 Å². The van der Waals surface area contributed by atoms with Gasteiger partial charge in [0.1, 0.15) is 0 Å². The highest BCUT2D eigenvalue weighted by Gasteiger charge is 2.53. The Bertz CT molecular complexity index is 1360.